The molecule has 3 N–H and O–H groups in total. The molecule has 2 aromatic rings. The molecule has 0 saturated heterocycles. The molecule has 0 aliphatic carbocycles. The summed E-state index contributed by atoms with van der Waals surface area (Å²) < 4.78 is 0.743. The topological polar surface area (TPSA) is 115 Å². The van der Waals surface area contributed by atoms with Crippen molar-refractivity contribution in [2.45, 2.75) is 0 Å². The quantitative estimate of drug-likeness (QED) is 0.269. The van der Waals surface area contributed by atoms with Crippen LogP contribution in [0.15, 0.2) is 23.4 Å². The number of rotatable bonds is 2. The summed E-state index contributed by atoms with van der Waals surface area (Å²) in [4.78, 5) is 14.1. The second-order valence-electron chi connectivity index (χ2n) is 2.91. The van der Waals surface area contributed by atoms with Crippen LogP contribution in [0.3, 0.4) is 0 Å². The minimum Gasteiger partial charge on any atom is -0.409 e. The molecule has 0 fully saturated rings. The van der Waals surface area contributed by atoms with Gasteiger partial charge in [0.15, 0.2) is 10.8 Å². The lowest BCUT2D eigenvalue weighted by molar-refractivity contribution is -0.384. The number of amidine groups is 1. The first-order valence-corrected chi connectivity index (χ1v) is 4.96. The molecule has 0 aliphatic heterocycles. The molecule has 0 unspecified atom stereocenters. The Morgan fingerprint density at radius 3 is 3.00 bits per heavy atom. The Balaban J connectivity index is 2.58. The number of hydrogen-bond acceptors (Lipinski definition) is 6. The van der Waals surface area contributed by atoms with Crippen LogP contribution in [-0.2, 0) is 0 Å². The molecule has 16 heavy (non-hydrogen) atoms. The number of thiazole rings is 1. The number of nitrogens with two attached hydrogens (primary N) is 1. The molecule has 2 rings (SSSR count). The van der Waals surface area contributed by atoms with Gasteiger partial charge in [0.2, 0.25) is 0 Å². The van der Waals surface area contributed by atoms with E-state index in [0.717, 1.165) is 4.70 Å². The zero-order valence-corrected chi connectivity index (χ0v) is 8.64. The van der Waals surface area contributed by atoms with Crippen LogP contribution in [0.1, 0.15) is 5.01 Å². The average molecular weight is 238 g/mol. The highest BCUT2D eigenvalue weighted by Gasteiger charge is 2.11. The van der Waals surface area contributed by atoms with E-state index in [2.05, 4.69) is 10.1 Å². The lowest BCUT2D eigenvalue weighted by Crippen LogP contribution is -2.12. The van der Waals surface area contributed by atoms with Gasteiger partial charge in [0.25, 0.3) is 5.69 Å². The first-order chi connectivity index (χ1) is 7.61. The van der Waals surface area contributed by atoms with Crippen molar-refractivity contribution in [3.8, 4) is 0 Å². The van der Waals surface area contributed by atoms with Crippen LogP contribution in [0.4, 0.5) is 5.69 Å². The second kappa shape index (κ2) is 3.74. The van der Waals surface area contributed by atoms with E-state index in [1.165, 1.54) is 23.5 Å². The summed E-state index contributed by atoms with van der Waals surface area (Å²) in [6.45, 7) is 0. The number of nitro benzene ring substituents is 1. The third-order valence-corrected chi connectivity index (χ3v) is 2.97. The van der Waals surface area contributed by atoms with Gasteiger partial charge in [0.05, 0.1) is 15.1 Å². The van der Waals surface area contributed by atoms with E-state index in [1.54, 1.807) is 6.07 Å². The molecule has 1 heterocycles. The van der Waals surface area contributed by atoms with Gasteiger partial charge < -0.3 is 10.9 Å². The van der Waals surface area contributed by atoms with E-state index < -0.39 is 4.92 Å². The Morgan fingerprint density at radius 2 is 2.38 bits per heavy atom. The Kier molecular flexibility index (Phi) is 2.41. The number of benzene rings is 1. The minimum absolute atomic E-state index is 0.0381. The van der Waals surface area contributed by atoms with E-state index >= 15 is 0 Å². The first kappa shape index (κ1) is 10.3. The molecule has 82 valence electrons. The van der Waals surface area contributed by atoms with Gasteiger partial charge in [-0.05, 0) is 6.07 Å². The van der Waals surface area contributed by atoms with Crippen molar-refractivity contribution in [1.82, 2.24) is 4.98 Å². The fourth-order valence-electron chi connectivity index (χ4n) is 1.18. The van der Waals surface area contributed by atoms with Crippen LogP contribution in [0.2, 0.25) is 0 Å². The molecule has 0 radical (unpaired) electrons. The summed E-state index contributed by atoms with van der Waals surface area (Å²) in [5.74, 6) is -0.108. The van der Waals surface area contributed by atoms with Crippen LogP contribution < -0.4 is 5.73 Å². The normalized spacial score (nSPS) is 11.9. The van der Waals surface area contributed by atoms with Gasteiger partial charge in [-0.15, -0.1) is 11.3 Å². The van der Waals surface area contributed by atoms with E-state index in [4.69, 9.17) is 10.9 Å². The van der Waals surface area contributed by atoms with E-state index in [0.29, 0.717) is 10.5 Å². The number of non-ortho nitro benzene ring substituents is 1. The van der Waals surface area contributed by atoms with Crippen LogP contribution >= 0.6 is 11.3 Å². The van der Waals surface area contributed by atoms with Crippen molar-refractivity contribution in [3.05, 3.63) is 33.3 Å². The van der Waals surface area contributed by atoms with Gasteiger partial charge in [-0.2, -0.15) is 0 Å². The zero-order valence-electron chi connectivity index (χ0n) is 7.82. The number of nitrogens with zero attached hydrogens (tertiary/aromatic N) is 3. The molecule has 0 atom stereocenters. The summed E-state index contributed by atoms with van der Waals surface area (Å²) in [5.41, 5.74) is 5.79. The molecular formula is C8H6N4O3S. The number of hydrogen-bond donors (Lipinski definition) is 2. The van der Waals surface area contributed by atoms with E-state index in [9.17, 15) is 10.1 Å². The van der Waals surface area contributed by atoms with Crippen LogP contribution in [0.5, 0.6) is 0 Å². The number of nitro groups is 1. The summed E-state index contributed by atoms with van der Waals surface area (Å²) in [7, 11) is 0. The van der Waals surface area contributed by atoms with Gasteiger partial charge in [-0.3, -0.25) is 10.1 Å². The van der Waals surface area contributed by atoms with Crippen LogP contribution in [0, 0.1) is 10.1 Å². The molecule has 0 aliphatic rings. The third-order valence-electron chi connectivity index (χ3n) is 1.91. The standard InChI is InChI=1S/C8H6N4O3S/c9-7(11-13)8-10-5-3-4(12(14)15)1-2-6(5)16-8/h1-3,13H,(H2,9,11). The fraction of sp³-hybridized carbons (Fsp3) is 0. The molecule has 0 amide bonds. The summed E-state index contributed by atoms with van der Waals surface area (Å²) in [6, 6.07) is 4.32. The van der Waals surface area contributed by atoms with Crippen molar-refractivity contribution in [2.24, 2.45) is 10.9 Å². The number of oxime groups is 1. The maximum Gasteiger partial charge on any atom is 0.271 e. The van der Waals surface area contributed by atoms with Crippen molar-refractivity contribution in [1.29, 1.82) is 0 Å². The third kappa shape index (κ3) is 1.65. The largest absolute Gasteiger partial charge is 0.409 e. The van der Waals surface area contributed by atoms with Gasteiger partial charge in [-0.1, -0.05) is 5.16 Å². The van der Waals surface area contributed by atoms with E-state index in [1.807, 2.05) is 0 Å². The summed E-state index contributed by atoms with van der Waals surface area (Å²) >= 11 is 1.20. The van der Waals surface area contributed by atoms with Crippen LogP contribution in [0.25, 0.3) is 10.2 Å². The molecule has 0 saturated carbocycles. The molecule has 7 nitrogen and oxygen atoms in total. The molecule has 0 spiro atoms. The molecular weight excluding hydrogens is 232 g/mol. The number of aromatic nitrogens is 1. The maximum atomic E-state index is 10.5. The van der Waals surface area contributed by atoms with Crippen molar-refractivity contribution < 1.29 is 10.1 Å². The smallest absolute Gasteiger partial charge is 0.271 e. The van der Waals surface area contributed by atoms with Gasteiger partial charge >= 0.3 is 0 Å². The van der Waals surface area contributed by atoms with Crippen LogP contribution in [-0.4, -0.2) is 21.0 Å². The average Bonchev–Trinajstić information content (AvgIpc) is 2.70. The maximum absolute atomic E-state index is 10.5. The highest BCUT2D eigenvalue weighted by Crippen LogP contribution is 2.25. The van der Waals surface area contributed by atoms with Gasteiger partial charge in [0, 0.05) is 12.1 Å². The first-order valence-electron chi connectivity index (χ1n) is 4.14. The Labute approximate surface area is 93.0 Å². The lowest BCUT2D eigenvalue weighted by atomic mass is 10.3. The molecule has 1 aromatic carbocycles. The SMILES string of the molecule is NC(=NO)c1nc2cc([N+](=O)[O-])ccc2s1. The van der Waals surface area contributed by atoms with Gasteiger partial charge in [-0.25, -0.2) is 4.98 Å². The van der Waals surface area contributed by atoms with Gasteiger partial charge in [0.1, 0.15) is 0 Å². The Bertz CT molecular complexity index is 592. The molecule has 1 aromatic heterocycles. The summed E-state index contributed by atoms with van der Waals surface area (Å²) in [6.07, 6.45) is 0. The molecule has 0 bridgehead atoms. The number of fused-ring (bicyclic) bond motifs is 1. The summed E-state index contributed by atoms with van der Waals surface area (Å²) in [5, 5.41) is 22.2. The lowest BCUT2D eigenvalue weighted by Gasteiger charge is -1.89. The predicted octanol–water partition coefficient (Wildman–Crippen LogP) is 1.30. The molecule has 8 heteroatoms. The minimum atomic E-state index is -0.498. The second-order valence-corrected chi connectivity index (χ2v) is 3.94. The monoisotopic (exact) mass is 238 g/mol. The zero-order chi connectivity index (χ0) is 11.7. The van der Waals surface area contributed by atoms with Crippen molar-refractivity contribution >= 4 is 33.1 Å². The highest BCUT2D eigenvalue weighted by atomic mass is 32.1. The van der Waals surface area contributed by atoms with Crippen molar-refractivity contribution in [3.63, 3.8) is 0 Å². The van der Waals surface area contributed by atoms with Crippen molar-refractivity contribution in [2.75, 3.05) is 0 Å². The van der Waals surface area contributed by atoms with E-state index in [-0.39, 0.29) is 11.5 Å². The highest BCUT2D eigenvalue weighted by molar-refractivity contribution is 7.20. The Hall–Kier alpha value is -2.22. The Morgan fingerprint density at radius 1 is 1.62 bits per heavy atom. The fourth-order valence-corrected chi connectivity index (χ4v) is 2.02. The predicted molar refractivity (Wildman–Crippen MR) is 58.8 cm³/mol.